The fourth-order valence-corrected chi connectivity index (χ4v) is 2.26. The SMILES string of the molecule is CCC(Cl)c1cn(CCc2ccsc2)nn1. The first-order valence-electron chi connectivity index (χ1n) is 5.34. The second kappa shape index (κ2) is 5.46. The highest BCUT2D eigenvalue weighted by Crippen LogP contribution is 2.20. The maximum Gasteiger partial charge on any atom is 0.100 e. The predicted octanol–water partition coefficient (Wildman–Crippen LogP) is 3.27. The van der Waals surface area contributed by atoms with Gasteiger partial charge in [0.15, 0.2) is 0 Å². The molecule has 0 bridgehead atoms. The topological polar surface area (TPSA) is 30.7 Å². The van der Waals surface area contributed by atoms with Gasteiger partial charge in [-0.2, -0.15) is 11.3 Å². The quantitative estimate of drug-likeness (QED) is 0.768. The van der Waals surface area contributed by atoms with Gasteiger partial charge >= 0.3 is 0 Å². The summed E-state index contributed by atoms with van der Waals surface area (Å²) in [6.07, 6.45) is 3.81. The Morgan fingerprint density at radius 2 is 2.44 bits per heavy atom. The van der Waals surface area contributed by atoms with Gasteiger partial charge in [0.2, 0.25) is 0 Å². The van der Waals surface area contributed by atoms with Crippen LogP contribution in [0.25, 0.3) is 0 Å². The number of halogens is 1. The molecule has 0 aliphatic rings. The molecule has 2 aromatic rings. The summed E-state index contributed by atoms with van der Waals surface area (Å²) in [6.45, 7) is 2.90. The minimum Gasteiger partial charge on any atom is -0.252 e. The maximum atomic E-state index is 6.09. The van der Waals surface area contributed by atoms with Crippen LogP contribution < -0.4 is 0 Å². The summed E-state index contributed by atoms with van der Waals surface area (Å²) in [5.74, 6) is 0. The van der Waals surface area contributed by atoms with Gasteiger partial charge in [-0.1, -0.05) is 12.1 Å². The predicted molar refractivity (Wildman–Crippen MR) is 66.9 cm³/mol. The smallest absolute Gasteiger partial charge is 0.100 e. The van der Waals surface area contributed by atoms with Crippen molar-refractivity contribution in [2.24, 2.45) is 0 Å². The van der Waals surface area contributed by atoms with E-state index in [1.165, 1.54) is 5.56 Å². The second-order valence-electron chi connectivity index (χ2n) is 3.66. The van der Waals surface area contributed by atoms with Crippen molar-refractivity contribution in [2.75, 3.05) is 0 Å². The Bertz CT molecular complexity index is 424. The molecule has 1 unspecified atom stereocenters. The molecule has 0 spiro atoms. The van der Waals surface area contributed by atoms with Crippen molar-refractivity contribution < 1.29 is 0 Å². The van der Waals surface area contributed by atoms with Crippen LogP contribution in [0.3, 0.4) is 0 Å². The van der Waals surface area contributed by atoms with Gasteiger partial charge in [-0.25, -0.2) is 0 Å². The number of hydrogen-bond acceptors (Lipinski definition) is 3. The monoisotopic (exact) mass is 255 g/mol. The molecule has 2 rings (SSSR count). The second-order valence-corrected chi connectivity index (χ2v) is 4.97. The van der Waals surface area contributed by atoms with E-state index in [0.717, 1.165) is 25.1 Å². The van der Waals surface area contributed by atoms with Crippen LogP contribution in [0, 0.1) is 0 Å². The van der Waals surface area contributed by atoms with Crippen LogP contribution in [0.4, 0.5) is 0 Å². The van der Waals surface area contributed by atoms with Gasteiger partial charge in [-0.05, 0) is 35.2 Å². The van der Waals surface area contributed by atoms with Crippen molar-refractivity contribution in [3.05, 3.63) is 34.3 Å². The van der Waals surface area contributed by atoms with E-state index in [9.17, 15) is 0 Å². The zero-order valence-corrected chi connectivity index (χ0v) is 10.7. The highest BCUT2D eigenvalue weighted by molar-refractivity contribution is 7.07. The van der Waals surface area contributed by atoms with Gasteiger partial charge < -0.3 is 0 Å². The maximum absolute atomic E-state index is 6.09. The molecule has 0 aliphatic heterocycles. The first kappa shape index (κ1) is 11.6. The van der Waals surface area contributed by atoms with Gasteiger partial charge in [0.05, 0.1) is 5.38 Å². The summed E-state index contributed by atoms with van der Waals surface area (Å²) < 4.78 is 1.86. The molecule has 0 aliphatic carbocycles. The molecule has 2 heterocycles. The van der Waals surface area contributed by atoms with Gasteiger partial charge in [0.1, 0.15) is 5.69 Å². The lowest BCUT2D eigenvalue weighted by Gasteiger charge is -1.99. The number of thiophene rings is 1. The third kappa shape index (κ3) is 2.83. The minimum atomic E-state index is -0.0186. The molecule has 16 heavy (non-hydrogen) atoms. The molecule has 5 heteroatoms. The molecular weight excluding hydrogens is 242 g/mol. The summed E-state index contributed by atoms with van der Waals surface area (Å²) in [5, 5.41) is 12.4. The van der Waals surface area contributed by atoms with Gasteiger partial charge in [0.25, 0.3) is 0 Å². The third-order valence-electron chi connectivity index (χ3n) is 2.45. The van der Waals surface area contributed by atoms with E-state index >= 15 is 0 Å². The van der Waals surface area contributed by atoms with Crippen molar-refractivity contribution in [1.29, 1.82) is 0 Å². The van der Waals surface area contributed by atoms with Gasteiger partial charge in [0, 0.05) is 12.7 Å². The molecule has 3 nitrogen and oxygen atoms in total. The summed E-state index contributed by atoms with van der Waals surface area (Å²) in [5.41, 5.74) is 2.22. The molecular formula is C11H14ClN3S. The van der Waals surface area contributed by atoms with Gasteiger partial charge in [-0.3, -0.25) is 4.68 Å². The summed E-state index contributed by atoms with van der Waals surface area (Å²) in [6, 6.07) is 2.14. The zero-order chi connectivity index (χ0) is 11.4. The summed E-state index contributed by atoms with van der Waals surface area (Å²) in [7, 11) is 0. The Hall–Kier alpha value is -0.870. The van der Waals surface area contributed by atoms with E-state index in [1.807, 2.05) is 17.8 Å². The Morgan fingerprint density at radius 3 is 3.12 bits per heavy atom. The lowest BCUT2D eigenvalue weighted by Crippen LogP contribution is -2.01. The van der Waals surface area contributed by atoms with E-state index in [2.05, 4.69) is 27.1 Å². The highest BCUT2D eigenvalue weighted by Gasteiger charge is 2.09. The van der Waals surface area contributed by atoms with E-state index in [-0.39, 0.29) is 5.38 Å². The van der Waals surface area contributed by atoms with Crippen LogP contribution in [0.15, 0.2) is 23.0 Å². The van der Waals surface area contributed by atoms with E-state index in [1.54, 1.807) is 11.3 Å². The Kier molecular flexibility index (Phi) is 3.96. The molecule has 1 atom stereocenters. The summed E-state index contributed by atoms with van der Waals surface area (Å²) >= 11 is 7.81. The van der Waals surface area contributed by atoms with Crippen LogP contribution in [-0.4, -0.2) is 15.0 Å². The number of nitrogens with zero attached hydrogens (tertiary/aromatic N) is 3. The van der Waals surface area contributed by atoms with Crippen LogP contribution in [-0.2, 0) is 13.0 Å². The van der Waals surface area contributed by atoms with E-state index in [4.69, 9.17) is 11.6 Å². The molecule has 0 saturated heterocycles. The van der Waals surface area contributed by atoms with Crippen molar-refractivity contribution in [1.82, 2.24) is 15.0 Å². The number of rotatable bonds is 5. The van der Waals surface area contributed by atoms with Crippen LogP contribution in [0.1, 0.15) is 30.0 Å². The molecule has 86 valence electrons. The lowest BCUT2D eigenvalue weighted by molar-refractivity contribution is 0.589. The van der Waals surface area contributed by atoms with Crippen molar-refractivity contribution in [2.45, 2.75) is 31.7 Å². The molecule has 0 saturated carbocycles. The number of aromatic nitrogens is 3. The largest absolute Gasteiger partial charge is 0.252 e. The Labute approximate surface area is 104 Å². The third-order valence-corrected chi connectivity index (χ3v) is 3.71. The van der Waals surface area contributed by atoms with Crippen LogP contribution >= 0.6 is 22.9 Å². The fraction of sp³-hybridized carbons (Fsp3) is 0.455. The average Bonchev–Trinajstić information content (AvgIpc) is 2.96. The van der Waals surface area contributed by atoms with Crippen LogP contribution in [0.5, 0.6) is 0 Å². The average molecular weight is 256 g/mol. The highest BCUT2D eigenvalue weighted by atomic mass is 35.5. The molecule has 0 amide bonds. The molecule has 0 aromatic carbocycles. The lowest BCUT2D eigenvalue weighted by atomic mass is 10.2. The van der Waals surface area contributed by atoms with E-state index < -0.39 is 0 Å². The van der Waals surface area contributed by atoms with Crippen molar-refractivity contribution in [3.63, 3.8) is 0 Å². The fourth-order valence-electron chi connectivity index (χ4n) is 1.45. The zero-order valence-electron chi connectivity index (χ0n) is 9.14. The van der Waals surface area contributed by atoms with Crippen LogP contribution in [0.2, 0.25) is 0 Å². The summed E-state index contributed by atoms with van der Waals surface area (Å²) in [4.78, 5) is 0. The number of aryl methyl sites for hydroxylation is 2. The molecule has 0 N–H and O–H groups in total. The van der Waals surface area contributed by atoms with E-state index in [0.29, 0.717) is 0 Å². The van der Waals surface area contributed by atoms with Crippen molar-refractivity contribution >= 4 is 22.9 Å². The number of alkyl halides is 1. The van der Waals surface area contributed by atoms with Crippen molar-refractivity contribution in [3.8, 4) is 0 Å². The first-order valence-corrected chi connectivity index (χ1v) is 6.72. The molecule has 2 aromatic heterocycles. The normalized spacial score (nSPS) is 12.9. The first-order chi connectivity index (χ1) is 7.79. The van der Waals surface area contributed by atoms with Gasteiger partial charge in [-0.15, -0.1) is 16.7 Å². The molecule has 0 fully saturated rings. The Morgan fingerprint density at radius 1 is 1.56 bits per heavy atom. The molecule has 0 radical (unpaired) electrons. The Balaban J connectivity index is 1.93. The minimum absolute atomic E-state index is 0.0186. The number of hydrogen-bond donors (Lipinski definition) is 0. The standard InChI is InChI=1S/C11H14ClN3S/c1-2-10(12)11-7-15(14-13-11)5-3-9-4-6-16-8-9/h4,6-8,10H,2-3,5H2,1H3.